The summed E-state index contributed by atoms with van der Waals surface area (Å²) in [7, 11) is 0. The number of benzene rings is 2. The number of aryl methyl sites for hydroxylation is 3. The Labute approximate surface area is 177 Å². The van der Waals surface area contributed by atoms with E-state index in [4.69, 9.17) is 9.15 Å². The van der Waals surface area contributed by atoms with E-state index in [2.05, 4.69) is 47.6 Å². The number of hydrogen-bond acceptors (Lipinski definition) is 4. The van der Waals surface area contributed by atoms with Crippen LogP contribution >= 0.6 is 0 Å². The third kappa shape index (κ3) is 5.08. The number of pyridine rings is 1. The van der Waals surface area contributed by atoms with Gasteiger partial charge in [-0.15, -0.1) is 0 Å². The van der Waals surface area contributed by atoms with Gasteiger partial charge in [-0.2, -0.15) is 0 Å². The SMILES string of the molecule is Cc1c(CCc2ccccc2)oc2cccc(OCCCNCc3cccnc3)c12. The Morgan fingerprint density at radius 1 is 0.933 bits per heavy atom. The van der Waals surface area contributed by atoms with Gasteiger partial charge in [-0.3, -0.25) is 4.98 Å². The Bertz CT molecular complexity index is 1060. The molecule has 0 unspecified atom stereocenters. The minimum atomic E-state index is 0.670. The maximum absolute atomic E-state index is 6.16. The van der Waals surface area contributed by atoms with Crippen molar-refractivity contribution in [2.75, 3.05) is 13.2 Å². The van der Waals surface area contributed by atoms with E-state index >= 15 is 0 Å². The Kier molecular flexibility index (Phi) is 6.78. The number of aromatic nitrogens is 1. The zero-order chi connectivity index (χ0) is 20.6. The van der Waals surface area contributed by atoms with Crippen LogP contribution in [0.25, 0.3) is 11.0 Å². The number of rotatable bonds is 10. The quantitative estimate of drug-likeness (QED) is 0.358. The van der Waals surface area contributed by atoms with Gasteiger partial charge in [0.1, 0.15) is 17.1 Å². The Balaban J connectivity index is 1.32. The van der Waals surface area contributed by atoms with E-state index in [0.717, 1.165) is 54.8 Å². The van der Waals surface area contributed by atoms with Gasteiger partial charge in [0.2, 0.25) is 0 Å². The molecule has 0 radical (unpaired) electrons. The van der Waals surface area contributed by atoms with Gasteiger partial charge in [0.05, 0.1) is 12.0 Å². The third-order valence-electron chi connectivity index (χ3n) is 5.31. The molecule has 2 aromatic carbocycles. The molecule has 4 aromatic rings. The van der Waals surface area contributed by atoms with Crippen molar-refractivity contribution in [3.8, 4) is 5.75 Å². The average Bonchev–Trinajstić information content (AvgIpc) is 3.12. The zero-order valence-corrected chi connectivity index (χ0v) is 17.4. The van der Waals surface area contributed by atoms with Gasteiger partial charge in [-0.1, -0.05) is 42.5 Å². The van der Waals surface area contributed by atoms with E-state index < -0.39 is 0 Å². The molecule has 0 saturated heterocycles. The van der Waals surface area contributed by atoms with E-state index in [1.807, 2.05) is 36.5 Å². The molecule has 1 N–H and O–H groups in total. The molecule has 0 saturated carbocycles. The van der Waals surface area contributed by atoms with Crippen LogP contribution in [0.3, 0.4) is 0 Å². The van der Waals surface area contributed by atoms with Crippen molar-refractivity contribution in [2.45, 2.75) is 32.7 Å². The summed E-state index contributed by atoms with van der Waals surface area (Å²) in [6, 6.07) is 20.6. The summed E-state index contributed by atoms with van der Waals surface area (Å²) in [6.45, 7) is 4.53. The molecule has 2 aromatic heterocycles. The fourth-order valence-electron chi connectivity index (χ4n) is 3.69. The van der Waals surface area contributed by atoms with Gasteiger partial charge in [0.25, 0.3) is 0 Å². The molecule has 0 atom stereocenters. The van der Waals surface area contributed by atoms with Crippen LogP contribution in [0.2, 0.25) is 0 Å². The molecule has 0 aliphatic heterocycles. The maximum atomic E-state index is 6.16. The van der Waals surface area contributed by atoms with Gasteiger partial charge >= 0.3 is 0 Å². The lowest BCUT2D eigenvalue weighted by atomic mass is 10.1. The van der Waals surface area contributed by atoms with E-state index in [1.54, 1.807) is 6.20 Å². The number of nitrogens with zero attached hydrogens (tertiary/aromatic N) is 1. The van der Waals surface area contributed by atoms with E-state index in [-0.39, 0.29) is 0 Å². The predicted molar refractivity (Wildman–Crippen MR) is 121 cm³/mol. The normalized spacial score (nSPS) is 11.1. The van der Waals surface area contributed by atoms with Gasteiger partial charge in [-0.25, -0.2) is 0 Å². The number of fused-ring (bicyclic) bond motifs is 1. The molecule has 0 bridgehead atoms. The van der Waals surface area contributed by atoms with Crippen molar-refractivity contribution in [3.05, 3.63) is 95.5 Å². The molecular weight excluding hydrogens is 372 g/mol. The van der Waals surface area contributed by atoms with Crippen molar-refractivity contribution in [3.63, 3.8) is 0 Å². The molecule has 4 heteroatoms. The molecule has 0 aliphatic carbocycles. The van der Waals surface area contributed by atoms with Crippen LogP contribution in [0.15, 0.2) is 77.5 Å². The molecule has 30 heavy (non-hydrogen) atoms. The molecule has 4 nitrogen and oxygen atoms in total. The summed E-state index contributed by atoms with van der Waals surface area (Å²) in [5.74, 6) is 1.95. The highest BCUT2D eigenvalue weighted by Gasteiger charge is 2.14. The molecule has 0 fully saturated rings. The van der Waals surface area contributed by atoms with Gasteiger partial charge in [0.15, 0.2) is 0 Å². The molecular formula is C26H28N2O2. The monoisotopic (exact) mass is 400 g/mol. The first-order valence-corrected chi connectivity index (χ1v) is 10.6. The number of hydrogen-bond donors (Lipinski definition) is 1. The Morgan fingerprint density at radius 3 is 2.63 bits per heavy atom. The molecule has 0 spiro atoms. The lowest BCUT2D eigenvalue weighted by molar-refractivity contribution is 0.311. The van der Waals surface area contributed by atoms with Gasteiger partial charge in [-0.05, 0) is 55.6 Å². The fraction of sp³-hybridized carbons (Fsp3) is 0.269. The van der Waals surface area contributed by atoms with Crippen molar-refractivity contribution in [1.82, 2.24) is 10.3 Å². The number of ether oxygens (including phenoxy) is 1. The summed E-state index contributed by atoms with van der Waals surface area (Å²) < 4.78 is 12.3. The van der Waals surface area contributed by atoms with Crippen LogP contribution in [0.4, 0.5) is 0 Å². The minimum Gasteiger partial charge on any atom is -0.493 e. The first-order valence-electron chi connectivity index (χ1n) is 10.6. The smallest absolute Gasteiger partial charge is 0.138 e. The lowest BCUT2D eigenvalue weighted by Crippen LogP contribution is -2.17. The first-order chi connectivity index (χ1) is 14.8. The van der Waals surface area contributed by atoms with E-state index in [9.17, 15) is 0 Å². The first kappa shape index (κ1) is 20.2. The largest absolute Gasteiger partial charge is 0.493 e. The highest BCUT2D eigenvalue weighted by Crippen LogP contribution is 2.33. The molecule has 154 valence electrons. The van der Waals surface area contributed by atoms with Crippen LogP contribution in [0.1, 0.15) is 28.9 Å². The van der Waals surface area contributed by atoms with Crippen LogP contribution in [-0.4, -0.2) is 18.1 Å². The van der Waals surface area contributed by atoms with Crippen LogP contribution < -0.4 is 10.1 Å². The predicted octanol–water partition coefficient (Wildman–Crippen LogP) is 5.48. The second kappa shape index (κ2) is 10.1. The van der Waals surface area contributed by atoms with Crippen molar-refractivity contribution < 1.29 is 9.15 Å². The van der Waals surface area contributed by atoms with Gasteiger partial charge in [0, 0.05) is 30.9 Å². The lowest BCUT2D eigenvalue weighted by Gasteiger charge is -2.08. The van der Waals surface area contributed by atoms with Gasteiger partial charge < -0.3 is 14.5 Å². The highest BCUT2D eigenvalue weighted by molar-refractivity contribution is 5.88. The molecule has 0 amide bonds. The second-order valence-corrected chi connectivity index (χ2v) is 7.51. The van der Waals surface area contributed by atoms with Crippen molar-refractivity contribution in [1.29, 1.82) is 0 Å². The van der Waals surface area contributed by atoms with E-state index in [0.29, 0.717) is 6.61 Å². The summed E-state index contributed by atoms with van der Waals surface area (Å²) in [4.78, 5) is 4.14. The third-order valence-corrected chi connectivity index (χ3v) is 5.31. The summed E-state index contributed by atoms with van der Waals surface area (Å²) >= 11 is 0. The average molecular weight is 401 g/mol. The molecule has 4 rings (SSSR count). The van der Waals surface area contributed by atoms with Crippen molar-refractivity contribution in [2.24, 2.45) is 0 Å². The van der Waals surface area contributed by atoms with E-state index in [1.165, 1.54) is 16.7 Å². The molecule has 2 heterocycles. The highest BCUT2D eigenvalue weighted by atomic mass is 16.5. The second-order valence-electron chi connectivity index (χ2n) is 7.51. The standard InChI is InChI=1S/C26H28N2O2/c1-20-23(14-13-21-8-3-2-4-9-21)30-25-12-5-11-24(26(20)25)29-17-7-16-28-19-22-10-6-15-27-18-22/h2-6,8-12,15,18,28H,7,13-14,16-17,19H2,1H3. The topological polar surface area (TPSA) is 47.3 Å². The minimum absolute atomic E-state index is 0.670. The number of furan rings is 1. The van der Waals surface area contributed by atoms with Crippen LogP contribution in [0.5, 0.6) is 5.75 Å². The maximum Gasteiger partial charge on any atom is 0.138 e. The van der Waals surface area contributed by atoms with Crippen molar-refractivity contribution >= 4 is 11.0 Å². The summed E-state index contributed by atoms with van der Waals surface area (Å²) in [6.07, 6.45) is 6.49. The number of nitrogens with one attached hydrogen (secondary N) is 1. The van der Waals surface area contributed by atoms with Crippen LogP contribution in [0, 0.1) is 6.92 Å². The zero-order valence-electron chi connectivity index (χ0n) is 17.4. The Hall–Kier alpha value is -3.11. The fourth-order valence-corrected chi connectivity index (χ4v) is 3.69. The summed E-state index contributed by atoms with van der Waals surface area (Å²) in [5.41, 5.74) is 4.61. The summed E-state index contributed by atoms with van der Waals surface area (Å²) in [5, 5.41) is 4.54. The molecule has 0 aliphatic rings. The van der Waals surface area contributed by atoms with Crippen LogP contribution in [-0.2, 0) is 19.4 Å². The Morgan fingerprint density at radius 2 is 1.80 bits per heavy atom.